The summed E-state index contributed by atoms with van der Waals surface area (Å²) in [5.74, 6) is 3.75. The van der Waals surface area contributed by atoms with Gasteiger partial charge in [-0.3, -0.25) is 0 Å². The number of nitrogens with two attached hydrogens (primary N) is 1. The van der Waals surface area contributed by atoms with E-state index in [1.165, 1.54) is 38.5 Å². The molecule has 0 unspecified atom stereocenters. The van der Waals surface area contributed by atoms with Crippen molar-refractivity contribution in [3.8, 4) is 0 Å². The first-order chi connectivity index (χ1) is 10.1. The van der Waals surface area contributed by atoms with Crippen molar-refractivity contribution < 1.29 is 4.42 Å². The fourth-order valence-electron chi connectivity index (χ4n) is 5.83. The number of aryl methyl sites for hydroxylation is 1. The predicted octanol–water partition coefficient (Wildman–Crippen LogP) is 4.19. The number of hydrogen-bond donors (Lipinski definition) is 1. The number of benzene rings is 1. The Bertz CT molecular complexity index is 695. The number of nitrogen functional groups attached to an aromatic ring is 1. The van der Waals surface area contributed by atoms with Crippen molar-refractivity contribution in [2.75, 3.05) is 5.73 Å². The van der Waals surface area contributed by atoms with Crippen LogP contribution < -0.4 is 5.73 Å². The Morgan fingerprint density at radius 3 is 2.33 bits per heavy atom. The molecule has 4 fully saturated rings. The van der Waals surface area contributed by atoms with Gasteiger partial charge in [-0.05, 0) is 80.9 Å². The average Bonchev–Trinajstić information content (AvgIpc) is 2.82. The summed E-state index contributed by atoms with van der Waals surface area (Å²) in [6, 6.07) is 3.94. The van der Waals surface area contributed by atoms with Gasteiger partial charge in [-0.1, -0.05) is 0 Å². The molecule has 1 aromatic heterocycles. The molecule has 110 valence electrons. The van der Waals surface area contributed by atoms with E-state index in [9.17, 15) is 0 Å². The van der Waals surface area contributed by atoms with Crippen molar-refractivity contribution in [3.05, 3.63) is 23.6 Å². The summed E-state index contributed by atoms with van der Waals surface area (Å²) in [4.78, 5) is 4.88. The van der Waals surface area contributed by atoms with Gasteiger partial charge in [0.1, 0.15) is 5.52 Å². The van der Waals surface area contributed by atoms with Crippen LogP contribution in [0.3, 0.4) is 0 Å². The average molecular weight is 282 g/mol. The van der Waals surface area contributed by atoms with Crippen LogP contribution >= 0.6 is 0 Å². The Hall–Kier alpha value is -1.51. The number of anilines is 1. The van der Waals surface area contributed by atoms with E-state index in [0.717, 1.165) is 46.0 Å². The van der Waals surface area contributed by atoms with E-state index in [4.69, 9.17) is 15.1 Å². The van der Waals surface area contributed by atoms with Crippen molar-refractivity contribution in [3.63, 3.8) is 0 Å². The zero-order valence-corrected chi connectivity index (χ0v) is 12.6. The van der Waals surface area contributed by atoms with Crippen molar-refractivity contribution in [1.29, 1.82) is 0 Å². The van der Waals surface area contributed by atoms with Crippen molar-refractivity contribution in [2.24, 2.45) is 17.8 Å². The van der Waals surface area contributed by atoms with Crippen molar-refractivity contribution in [1.82, 2.24) is 4.98 Å². The fourth-order valence-corrected chi connectivity index (χ4v) is 5.83. The number of fused-ring (bicyclic) bond motifs is 1. The smallest absolute Gasteiger partial charge is 0.201 e. The maximum atomic E-state index is 6.27. The van der Waals surface area contributed by atoms with Crippen LogP contribution in [0.15, 0.2) is 16.5 Å². The molecule has 0 radical (unpaired) electrons. The third-order valence-electron chi connectivity index (χ3n) is 6.19. The summed E-state index contributed by atoms with van der Waals surface area (Å²) in [5.41, 5.74) is 9.96. The third-order valence-corrected chi connectivity index (χ3v) is 6.19. The number of oxazole rings is 1. The van der Waals surface area contributed by atoms with E-state index < -0.39 is 0 Å². The summed E-state index contributed by atoms with van der Waals surface area (Å²) in [6.45, 7) is 2.06. The number of rotatable bonds is 1. The van der Waals surface area contributed by atoms with E-state index in [0.29, 0.717) is 0 Å². The highest BCUT2D eigenvalue weighted by Gasteiger charge is 2.54. The van der Waals surface area contributed by atoms with Gasteiger partial charge in [0.05, 0.1) is 0 Å². The Kier molecular flexibility index (Phi) is 2.20. The van der Waals surface area contributed by atoms with Gasteiger partial charge in [-0.25, -0.2) is 4.98 Å². The minimum absolute atomic E-state index is 0.231. The largest absolute Gasteiger partial charge is 0.440 e. The molecule has 4 aliphatic rings. The highest BCUT2D eigenvalue weighted by atomic mass is 16.3. The standard InChI is InChI=1S/C18H22N2O/c1-10-2-14(19)6-15-16(10)21-17(20-15)18-7-11-3-12(8-18)5-13(4-11)9-18/h2,6,11-13H,3-5,7-9,19H2,1H3. The molecule has 4 bridgehead atoms. The Morgan fingerprint density at radius 2 is 1.71 bits per heavy atom. The van der Waals surface area contributed by atoms with Crippen LogP contribution in [-0.2, 0) is 5.41 Å². The molecule has 0 amide bonds. The van der Waals surface area contributed by atoms with E-state index in [1.54, 1.807) is 0 Å². The first-order valence-corrected chi connectivity index (χ1v) is 8.28. The van der Waals surface area contributed by atoms with Crippen LogP contribution in [0.2, 0.25) is 0 Å². The normalized spacial score (nSPS) is 37.5. The van der Waals surface area contributed by atoms with Gasteiger partial charge in [0, 0.05) is 11.1 Å². The molecule has 0 saturated heterocycles. The molecule has 2 N–H and O–H groups in total. The molecule has 0 spiro atoms. The van der Waals surface area contributed by atoms with Crippen LogP contribution in [0.25, 0.3) is 11.1 Å². The minimum atomic E-state index is 0.231. The molecule has 3 nitrogen and oxygen atoms in total. The van der Waals surface area contributed by atoms with E-state index in [-0.39, 0.29) is 5.41 Å². The molecule has 4 aliphatic carbocycles. The zero-order valence-electron chi connectivity index (χ0n) is 12.6. The summed E-state index contributed by atoms with van der Waals surface area (Å²) in [6.07, 6.45) is 8.23. The van der Waals surface area contributed by atoms with Gasteiger partial charge in [0.2, 0.25) is 5.89 Å². The Labute approximate surface area is 124 Å². The highest BCUT2D eigenvalue weighted by molar-refractivity contribution is 5.80. The van der Waals surface area contributed by atoms with Crippen LogP contribution in [0.5, 0.6) is 0 Å². The quantitative estimate of drug-likeness (QED) is 0.798. The number of aromatic nitrogens is 1. The summed E-state index contributed by atoms with van der Waals surface area (Å²) in [5, 5.41) is 0. The molecule has 1 aromatic carbocycles. The van der Waals surface area contributed by atoms with Crippen LogP contribution in [0.1, 0.15) is 50.0 Å². The topological polar surface area (TPSA) is 52.0 Å². The van der Waals surface area contributed by atoms with Gasteiger partial charge in [0.25, 0.3) is 0 Å². The first-order valence-electron chi connectivity index (χ1n) is 8.28. The fraction of sp³-hybridized carbons (Fsp3) is 0.611. The molecule has 1 heterocycles. The van der Waals surface area contributed by atoms with Gasteiger partial charge in [-0.2, -0.15) is 0 Å². The molecule has 4 saturated carbocycles. The first kappa shape index (κ1) is 12.1. The molecule has 6 rings (SSSR count). The number of hydrogen-bond acceptors (Lipinski definition) is 3. The lowest BCUT2D eigenvalue weighted by Gasteiger charge is -2.55. The van der Waals surface area contributed by atoms with Crippen LogP contribution in [0, 0.1) is 24.7 Å². The maximum absolute atomic E-state index is 6.27. The van der Waals surface area contributed by atoms with Crippen molar-refractivity contribution >= 4 is 16.8 Å². The highest BCUT2D eigenvalue weighted by Crippen LogP contribution is 2.60. The lowest BCUT2D eigenvalue weighted by Crippen LogP contribution is -2.48. The second-order valence-corrected chi connectivity index (χ2v) is 7.90. The molecule has 3 heteroatoms. The lowest BCUT2D eigenvalue weighted by atomic mass is 9.49. The van der Waals surface area contributed by atoms with Gasteiger partial charge in [-0.15, -0.1) is 0 Å². The molecule has 0 aliphatic heterocycles. The van der Waals surface area contributed by atoms with Gasteiger partial charge < -0.3 is 10.2 Å². The molecule has 21 heavy (non-hydrogen) atoms. The zero-order chi connectivity index (χ0) is 14.2. The maximum Gasteiger partial charge on any atom is 0.201 e. The van der Waals surface area contributed by atoms with E-state index >= 15 is 0 Å². The lowest BCUT2D eigenvalue weighted by molar-refractivity contribution is -0.0170. The summed E-state index contributed by atoms with van der Waals surface area (Å²) in [7, 11) is 0. The monoisotopic (exact) mass is 282 g/mol. The summed E-state index contributed by atoms with van der Waals surface area (Å²) < 4.78 is 6.27. The molecular formula is C18H22N2O. The molecule has 2 aromatic rings. The Morgan fingerprint density at radius 1 is 1.10 bits per heavy atom. The van der Waals surface area contributed by atoms with Crippen molar-refractivity contribution in [2.45, 2.75) is 50.9 Å². The minimum Gasteiger partial charge on any atom is -0.440 e. The van der Waals surface area contributed by atoms with Crippen LogP contribution in [0.4, 0.5) is 5.69 Å². The summed E-state index contributed by atoms with van der Waals surface area (Å²) >= 11 is 0. The third kappa shape index (κ3) is 1.63. The second-order valence-electron chi connectivity index (χ2n) is 7.90. The predicted molar refractivity (Wildman–Crippen MR) is 83.0 cm³/mol. The Balaban J connectivity index is 1.65. The molecule has 0 atom stereocenters. The van der Waals surface area contributed by atoms with Gasteiger partial charge >= 0.3 is 0 Å². The number of nitrogens with zero attached hydrogens (tertiary/aromatic N) is 1. The van der Waals surface area contributed by atoms with E-state index in [1.807, 2.05) is 12.1 Å². The second kappa shape index (κ2) is 3.82. The molecular weight excluding hydrogens is 260 g/mol. The van der Waals surface area contributed by atoms with Gasteiger partial charge in [0.15, 0.2) is 5.58 Å². The van der Waals surface area contributed by atoms with Crippen LogP contribution in [-0.4, -0.2) is 4.98 Å². The SMILES string of the molecule is Cc1cc(N)cc2nc(C34CC5CC(CC(C5)C3)C4)oc12. The van der Waals surface area contributed by atoms with E-state index in [2.05, 4.69) is 6.92 Å².